The molecule has 4 aromatic rings. The molecule has 0 aliphatic carbocycles. The average molecular weight is 481 g/mol. The summed E-state index contributed by atoms with van der Waals surface area (Å²) >= 11 is 0. The van der Waals surface area contributed by atoms with E-state index in [2.05, 4.69) is 10.6 Å². The van der Waals surface area contributed by atoms with Crippen molar-refractivity contribution < 1.29 is 14.3 Å². The fraction of sp³-hybridized carbons (Fsp3) is 0.103. The van der Waals surface area contributed by atoms with Gasteiger partial charge in [0.05, 0.1) is 22.7 Å². The predicted molar refractivity (Wildman–Crippen MR) is 146 cm³/mol. The molecule has 0 atom stereocenters. The number of carbonyl (C=O) groups excluding carboxylic acids is 2. The average Bonchev–Trinajstić information content (AvgIpc) is 2.87. The van der Waals surface area contributed by atoms with Crippen LogP contribution in [-0.2, 0) is 0 Å². The first-order valence-electron chi connectivity index (χ1n) is 11.6. The maximum absolute atomic E-state index is 12.8. The van der Waals surface area contributed by atoms with Crippen LogP contribution in [0.2, 0.25) is 0 Å². The van der Waals surface area contributed by atoms with Crippen molar-refractivity contribution in [2.45, 2.75) is 13.8 Å². The minimum atomic E-state index is -0.286. The molecule has 0 unspecified atom stereocenters. The second-order valence-electron chi connectivity index (χ2n) is 8.30. The molecule has 0 radical (unpaired) electrons. The second-order valence-corrected chi connectivity index (χ2v) is 8.30. The summed E-state index contributed by atoms with van der Waals surface area (Å²) in [6, 6.07) is 24.9. The Morgan fingerprint density at radius 3 is 1.69 bits per heavy atom. The summed E-state index contributed by atoms with van der Waals surface area (Å²) in [5, 5.41) is 6.07. The quantitative estimate of drug-likeness (QED) is 0.176. The molecule has 4 aromatic carbocycles. The number of ketones is 1. The fourth-order valence-electron chi connectivity index (χ4n) is 3.71. The number of hydrogen-bond donors (Lipinski definition) is 4. The van der Waals surface area contributed by atoms with Crippen molar-refractivity contribution in [2.24, 2.45) is 0 Å². The topological polar surface area (TPSA) is 119 Å². The molecule has 182 valence electrons. The summed E-state index contributed by atoms with van der Waals surface area (Å²) in [6.45, 7) is 4.32. The van der Waals surface area contributed by atoms with Gasteiger partial charge in [0, 0.05) is 17.7 Å². The van der Waals surface area contributed by atoms with Gasteiger partial charge in [-0.2, -0.15) is 0 Å². The predicted octanol–water partition coefficient (Wildman–Crippen LogP) is 6.20. The van der Waals surface area contributed by atoms with Gasteiger partial charge >= 0.3 is 0 Å². The van der Waals surface area contributed by atoms with Gasteiger partial charge in [0.15, 0.2) is 5.78 Å². The number of rotatable bonds is 8. The van der Waals surface area contributed by atoms with Gasteiger partial charge in [-0.1, -0.05) is 12.1 Å². The van der Waals surface area contributed by atoms with Crippen molar-refractivity contribution in [1.82, 2.24) is 0 Å². The third kappa shape index (κ3) is 5.64. The zero-order chi connectivity index (χ0) is 25.7. The highest BCUT2D eigenvalue weighted by Crippen LogP contribution is 2.31. The van der Waals surface area contributed by atoms with Crippen molar-refractivity contribution in [3.63, 3.8) is 0 Å². The van der Waals surface area contributed by atoms with E-state index >= 15 is 0 Å². The summed E-state index contributed by atoms with van der Waals surface area (Å²) < 4.78 is 5.79. The first-order chi connectivity index (χ1) is 17.3. The number of nitrogens with one attached hydrogen (secondary N) is 2. The third-order valence-corrected chi connectivity index (χ3v) is 5.66. The normalized spacial score (nSPS) is 10.5. The van der Waals surface area contributed by atoms with Gasteiger partial charge < -0.3 is 26.8 Å². The third-order valence-electron chi connectivity index (χ3n) is 5.66. The van der Waals surface area contributed by atoms with Gasteiger partial charge in [-0.25, -0.2) is 0 Å². The summed E-state index contributed by atoms with van der Waals surface area (Å²) in [5.74, 6) is 0.884. The Bertz CT molecular complexity index is 1400. The zero-order valence-corrected chi connectivity index (χ0v) is 20.2. The van der Waals surface area contributed by atoms with Gasteiger partial charge in [-0.05, 0) is 97.8 Å². The Morgan fingerprint density at radius 2 is 1.22 bits per heavy atom. The molecule has 0 aromatic heterocycles. The molecular formula is C29H28N4O3. The van der Waals surface area contributed by atoms with Crippen LogP contribution in [0.1, 0.15) is 34.6 Å². The van der Waals surface area contributed by atoms with Crippen LogP contribution in [-0.4, -0.2) is 18.2 Å². The van der Waals surface area contributed by atoms with Crippen LogP contribution in [0, 0.1) is 0 Å². The van der Waals surface area contributed by atoms with E-state index in [1.54, 1.807) is 54.6 Å². The maximum Gasteiger partial charge on any atom is 0.255 e. The zero-order valence-electron chi connectivity index (χ0n) is 20.2. The molecule has 1 amide bonds. The van der Waals surface area contributed by atoms with Crippen molar-refractivity contribution in [1.29, 1.82) is 0 Å². The Morgan fingerprint density at radius 1 is 0.722 bits per heavy atom. The van der Waals surface area contributed by atoms with E-state index in [1.807, 2.05) is 37.3 Å². The number of nitrogens with two attached hydrogens (primary N) is 2. The van der Waals surface area contributed by atoms with Gasteiger partial charge in [0.2, 0.25) is 0 Å². The molecule has 0 saturated carbocycles. The van der Waals surface area contributed by atoms with Crippen molar-refractivity contribution in [2.75, 3.05) is 28.6 Å². The van der Waals surface area contributed by atoms with E-state index in [-0.39, 0.29) is 11.7 Å². The molecule has 4 rings (SSSR count). The second kappa shape index (κ2) is 10.7. The van der Waals surface area contributed by atoms with Crippen LogP contribution in [0.4, 0.5) is 22.7 Å². The number of amides is 1. The van der Waals surface area contributed by atoms with Crippen LogP contribution in [0.15, 0.2) is 84.9 Å². The highest BCUT2D eigenvalue weighted by molar-refractivity contribution is 6.06. The monoisotopic (exact) mass is 480 g/mol. The Balaban J connectivity index is 1.42. The number of nitrogen functional groups attached to an aromatic ring is 2. The SMILES string of the molecule is CCNc1ccc(-c2ccc(NC(=O)c3ccc(Oc4ccc(C(C)=O)cc4)cc3)c(N)c2)cc1N. The molecule has 0 spiro atoms. The lowest BCUT2D eigenvalue weighted by Gasteiger charge is -2.13. The largest absolute Gasteiger partial charge is 0.457 e. The van der Waals surface area contributed by atoms with Crippen molar-refractivity contribution in [3.05, 3.63) is 96.1 Å². The van der Waals surface area contributed by atoms with Crippen molar-refractivity contribution >= 4 is 34.4 Å². The van der Waals surface area contributed by atoms with E-state index in [0.717, 1.165) is 23.4 Å². The molecule has 0 fully saturated rings. The van der Waals surface area contributed by atoms with E-state index in [9.17, 15) is 9.59 Å². The lowest BCUT2D eigenvalue weighted by Crippen LogP contribution is -2.13. The molecule has 0 saturated heterocycles. The molecule has 6 N–H and O–H groups in total. The van der Waals surface area contributed by atoms with Crippen molar-refractivity contribution in [3.8, 4) is 22.6 Å². The minimum absolute atomic E-state index is 0.00416. The standard InChI is InChI=1S/C29H28N4O3/c1-3-32-27-14-8-21(16-25(27)30)22-9-15-28(26(31)17-22)33-29(35)20-6-12-24(13-7-20)36-23-10-4-19(5-11-23)18(2)34/h4-17,32H,3,30-31H2,1-2H3,(H,33,35). The minimum Gasteiger partial charge on any atom is -0.457 e. The Labute approximate surface area is 210 Å². The highest BCUT2D eigenvalue weighted by atomic mass is 16.5. The molecule has 7 heteroatoms. The highest BCUT2D eigenvalue weighted by Gasteiger charge is 2.11. The van der Waals surface area contributed by atoms with E-state index < -0.39 is 0 Å². The molecule has 0 aliphatic heterocycles. The van der Waals surface area contributed by atoms with Crippen LogP contribution in [0.25, 0.3) is 11.1 Å². The summed E-state index contributed by atoms with van der Waals surface area (Å²) in [7, 11) is 0. The lowest BCUT2D eigenvalue weighted by molar-refractivity contribution is 0.101. The fourth-order valence-corrected chi connectivity index (χ4v) is 3.71. The number of carbonyl (C=O) groups is 2. The number of benzene rings is 4. The number of hydrogen-bond acceptors (Lipinski definition) is 6. The Kier molecular flexibility index (Phi) is 7.20. The maximum atomic E-state index is 12.8. The van der Waals surface area contributed by atoms with Crippen LogP contribution in [0.3, 0.4) is 0 Å². The summed E-state index contributed by atoms with van der Waals surface area (Å²) in [6.07, 6.45) is 0. The summed E-state index contributed by atoms with van der Waals surface area (Å²) in [5.41, 5.74) is 17.8. The van der Waals surface area contributed by atoms with E-state index in [0.29, 0.717) is 39.7 Å². The van der Waals surface area contributed by atoms with E-state index in [4.69, 9.17) is 16.2 Å². The smallest absolute Gasteiger partial charge is 0.255 e. The molecule has 36 heavy (non-hydrogen) atoms. The Hall–Kier alpha value is -4.78. The number of Topliss-reactive ketones (excluding diaryl/α,β-unsaturated/α-hetero) is 1. The molecule has 0 bridgehead atoms. The first kappa shape index (κ1) is 24.3. The van der Waals surface area contributed by atoms with Gasteiger partial charge in [0.25, 0.3) is 5.91 Å². The molecule has 0 aliphatic rings. The first-order valence-corrected chi connectivity index (χ1v) is 11.6. The lowest BCUT2D eigenvalue weighted by atomic mass is 10.0. The number of anilines is 4. The van der Waals surface area contributed by atoms with Gasteiger partial charge in [-0.3, -0.25) is 9.59 Å². The van der Waals surface area contributed by atoms with Crippen LogP contribution >= 0.6 is 0 Å². The number of ether oxygens (including phenoxy) is 1. The van der Waals surface area contributed by atoms with Crippen LogP contribution in [0.5, 0.6) is 11.5 Å². The molecule has 0 heterocycles. The summed E-state index contributed by atoms with van der Waals surface area (Å²) in [4.78, 5) is 24.2. The molecular weight excluding hydrogens is 452 g/mol. The van der Waals surface area contributed by atoms with E-state index in [1.165, 1.54) is 6.92 Å². The van der Waals surface area contributed by atoms with Gasteiger partial charge in [0.1, 0.15) is 11.5 Å². The molecule has 7 nitrogen and oxygen atoms in total. The van der Waals surface area contributed by atoms with Gasteiger partial charge in [-0.15, -0.1) is 0 Å². The van der Waals surface area contributed by atoms with Crippen LogP contribution < -0.4 is 26.8 Å².